The minimum atomic E-state index is 0.703. The van der Waals surface area contributed by atoms with E-state index in [1.165, 1.54) is 0 Å². The van der Waals surface area contributed by atoms with Gasteiger partial charge in [0, 0.05) is 23.8 Å². The van der Waals surface area contributed by atoms with Gasteiger partial charge in [-0.2, -0.15) is 0 Å². The van der Waals surface area contributed by atoms with E-state index >= 15 is 0 Å². The Bertz CT molecular complexity index is 491. The van der Waals surface area contributed by atoms with E-state index in [9.17, 15) is 0 Å². The molecule has 1 aromatic carbocycles. The van der Waals surface area contributed by atoms with Crippen molar-refractivity contribution >= 4 is 22.3 Å². The van der Waals surface area contributed by atoms with Gasteiger partial charge >= 0.3 is 0 Å². The third-order valence-corrected chi connectivity index (χ3v) is 2.24. The number of fused-ring (bicyclic) bond motifs is 1. The van der Waals surface area contributed by atoms with Crippen molar-refractivity contribution < 1.29 is 0 Å². The molecular weight excluding hydrogens is 186 g/mol. The van der Waals surface area contributed by atoms with E-state index in [2.05, 4.69) is 16.9 Å². The molecule has 15 heavy (non-hydrogen) atoms. The number of para-hydroxylation sites is 1. The first-order valence-electron chi connectivity index (χ1n) is 4.81. The van der Waals surface area contributed by atoms with Crippen molar-refractivity contribution in [1.82, 2.24) is 4.98 Å². The van der Waals surface area contributed by atoms with E-state index in [4.69, 9.17) is 5.73 Å². The van der Waals surface area contributed by atoms with Crippen molar-refractivity contribution in [2.24, 2.45) is 0 Å². The average Bonchev–Trinajstić information content (AvgIpc) is 2.27. The maximum Gasteiger partial charge on any atom is 0.0951 e. The topological polar surface area (TPSA) is 50.9 Å². The normalized spacial score (nSPS) is 10.1. The van der Waals surface area contributed by atoms with E-state index in [1.54, 1.807) is 6.20 Å². The standard InChI is InChI=1S/C12H13N3/c1-2-7-14-11-6-8-15-12-9(11)4-3-5-10(12)13/h2-6,8H,1,7,13H2,(H,14,15). The predicted octanol–water partition coefficient (Wildman–Crippen LogP) is 2.41. The zero-order valence-electron chi connectivity index (χ0n) is 8.40. The molecule has 3 nitrogen and oxygen atoms in total. The summed E-state index contributed by atoms with van der Waals surface area (Å²) in [6.45, 7) is 4.40. The summed E-state index contributed by atoms with van der Waals surface area (Å²) >= 11 is 0. The Morgan fingerprint density at radius 3 is 3.07 bits per heavy atom. The first kappa shape index (κ1) is 9.52. The van der Waals surface area contributed by atoms with Crippen LogP contribution in [-0.2, 0) is 0 Å². The summed E-state index contributed by atoms with van der Waals surface area (Å²) in [4.78, 5) is 4.26. The van der Waals surface area contributed by atoms with E-state index < -0.39 is 0 Å². The van der Waals surface area contributed by atoms with Crippen LogP contribution in [0.25, 0.3) is 10.9 Å². The summed E-state index contributed by atoms with van der Waals surface area (Å²) in [7, 11) is 0. The van der Waals surface area contributed by atoms with Crippen LogP contribution in [0.4, 0.5) is 11.4 Å². The van der Waals surface area contributed by atoms with Crippen molar-refractivity contribution in [2.75, 3.05) is 17.6 Å². The lowest BCUT2D eigenvalue weighted by Gasteiger charge is -2.08. The second-order valence-electron chi connectivity index (χ2n) is 3.27. The average molecular weight is 199 g/mol. The van der Waals surface area contributed by atoms with Crippen LogP contribution in [0.15, 0.2) is 43.1 Å². The van der Waals surface area contributed by atoms with Gasteiger partial charge in [0.25, 0.3) is 0 Å². The van der Waals surface area contributed by atoms with Gasteiger partial charge in [-0.25, -0.2) is 0 Å². The molecule has 0 unspecified atom stereocenters. The number of benzene rings is 1. The lowest BCUT2D eigenvalue weighted by atomic mass is 10.1. The van der Waals surface area contributed by atoms with Crippen molar-refractivity contribution in [3.05, 3.63) is 43.1 Å². The number of nitrogens with zero attached hydrogens (tertiary/aromatic N) is 1. The zero-order valence-corrected chi connectivity index (χ0v) is 8.40. The summed E-state index contributed by atoms with van der Waals surface area (Å²) in [5, 5.41) is 4.29. The van der Waals surface area contributed by atoms with Crippen molar-refractivity contribution in [3.8, 4) is 0 Å². The Morgan fingerprint density at radius 1 is 1.40 bits per heavy atom. The largest absolute Gasteiger partial charge is 0.397 e. The molecule has 1 aromatic heterocycles. The van der Waals surface area contributed by atoms with Crippen molar-refractivity contribution in [2.45, 2.75) is 0 Å². The minimum Gasteiger partial charge on any atom is -0.397 e. The highest BCUT2D eigenvalue weighted by Crippen LogP contribution is 2.24. The highest BCUT2D eigenvalue weighted by atomic mass is 14.9. The zero-order chi connectivity index (χ0) is 10.7. The van der Waals surface area contributed by atoms with Gasteiger partial charge in [-0.15, -0.1) is 6.58 Å². The van der Waals surface area contributed by atoms with Gasteiger partial charge in [-0.1, -0.05) is 18.2 Å². The quantitative estimate of drug-likeness (QED) is 0.589. The molecule has 0 saturated heterocycles. The van der Waals surface area contributed by atoms with E-state index in [0.717, 1.165) is 23.1 Å². The summed E-state index contributed by atoms with van der Waals surface area (Å²) < 4.78 is 0. The molecule has 0 fully saturated rings. The molecule has 0 radical (unpaired) electrons. The number of hydrogen-bond donors (Lipinski definition) is 2. The fourth-order valence-electron chi connectivity index (χ4n) is 1.54. The van der Waals surface area contributed by atoms with Crippen LogP contribution in [0.5, 0.6) is 0 Å². The van der Waals surface area contributed by atoms with Gasteiger partial charge in [0.05, 0.1) is 11.2 Å². The number of rotatable bonds is 3. The second-order valence-corrected chi connectivity index (χ2v) is 3.27. The van der Waals surface area contributed by atoms with E-state index in [0.29, 0.717) is 5.69 Å². The lowest BCUT2D eigenvalue weighted by molar-refractivity contribution is 1.33. The smallest absolute Gasteiger partial charge is 0.0951 e. The Morgan fingerprint density at radius 2 is 2.27 bits per heavy atom. The SMILES string of the molecule is C=CCNc1ccnc2c(N)cccc12. The summed E-state index contributed by atoms with van der Waals surface area (Å²) in [6, 6.07) is 7.72. The van der Waals surface area contributed by atoms with Crippen LogP contribution in [0, 0.1) is 0 Å². The molecule has 0 spiro atoms. The van der Waals surface area contributed by atoms with Crippen LogP contribution in [0.3, 0.4) is 0 Å². The maximum absolute atomic E-state index is 5.84. The van der Waals surface area contributed by atoms with Crippen LogP contribution in [0.2, 0.25) is 0 Å². The maximum atomic E-state index is 5.84. The molecule has 3 heteroatoms. The van der Waals surface area contributed by atoms with Crippen LogP contribution in [0.1, 0.15) is 0 Å². The molecule has 0 aliphatic carbocycles. The van der Waals surface area contributed by atoms with Crippen molar-refractivity contribution in [1.29, 1.82) is 0 Å². The molecule has 2 rings (SSSR count). The number of nitrogens with one attached hydrogen (secondary N) is 1. The molecule has 0 aliphatic rings. The minimum absolute atomic E-state index is 0.703. The van der Waals surface area contributed by atoms with E-state index in [1.807, 2.05) is 30.3 Å². The van der Waals surface area contributed by atoms with Gasteiger partial charge in [0.2, 0.25) is 0 Å². The Hall–Kier alpha value is -2.03. The predicted molar refractivity (Wildman–Crippen MR) is 64.8 cm³/mol. The molecule has 1 heterocycles. The Balaban J connectivity index is 2.55. The molecule has 76 valence electrons. The molecule has 3 N–H and O–H groups in total. The number of nitrogens with two attached hydrogens (primary N) is 1. The number of aromatic nitrogens is 1. The van der Waals surface area contributed by atoms with Gasteiger partial charge in [0.1, 0.15) is 0 Å². The number of nitrogen functional groups attached to an aromatic ring is 1. The molecular formula is C12H13N3. The number of pyridine rings is 1. The third kappa shape index (κ3) is 1.76. The summed E-state index contributed by atoms with van der Waals surface area (Å²) in [6.07, 6.45) is 3.57. The molecule has 2 aromatic rings. The van der Waals surface area contributed by atoms with Crippen molar-refractivity contribution in [3.63, 3.8) is 0 Å². The molecule has 0 aliphatic heterocycles. The third-order valence-electron chi connectivity index (χ3n) is 2.24. The highest BCUT2D eigenvalue weighted by molar-refractivity contribution is 5.97. The summed E-state index contributed by atoms with van der Waals surface area (Å²) in [5.41, 5.74) is 8.42. The summed E-state index contributed by atoms with van der Waals surface area (Å²) in [5.74, 6) is 0. The lowest BCUT2D eigenvalue weighted by Crippen LogP contribution is -1.99. The van der Waals surface area contributed by atoms with Crippen LogP contribution in [-0.4, -0.2) is 11.5 Å². The molecule has 0 bridgehead atoms. The molecule has 0 amide bonds. The van der Waals surface area contributed by atoms with Gasteiger partial charge < -0.3 is 11.1 Å². The number of hydrogen-bond acceptors (Lipinski definition) is 3. The Kier molecular flexibility index (Phi) is 2.54. The highest BCUT2D eigenvalue weighted by Gasteiger charge is 2.02. The fourth-order valence-corrected chi connectivity index (χ4v) is 1.54. The monoisotopic (exact) mass is 199 g/mol. The van der Waals surface area contributed by atoms with Gasteiger partial charge in [0.15, 0.2) is 0 Å². The molecule has 0 saturated carbocycles. The fraction of sp³-hybridized carbons (Fsp3) is 0.0833. The van der Waals surface area contributed by atoms with Crippen LogP contribution < -0.4 is 11.1 Å². The van der Waals surface area contributed by atoms with Crippen LogP contribution >= 0.6 is 0 Å². The van der Waals surface area contributed by atoms with E-state index in [-0.39, 0.29) is 0 Å². The first-order valence-corrected chi connectivity index (χ1v) is 4.81. The first-order chi connectivity index (χ1) is 7.33. The molecule has 0 atom stereocenters. The second kappa shape index (κ2) is 4.00. The van der Waals surface area contributed by atoms with Gasteiger partial charge in [-0.3, -0.25) is 4.98 Å². The Labute approximate surface area is 88.6 Å². The number of anilines is 2. The van der Waals surface area contributed by atoms with Gasteiger partial charge in [-0.05, 0) is 12.1 Å².